The van der Waals surface area contributed by atoms with Gasteiger partial charge in [0.1, 0.15) is 0 Å². The van der Waals surface area contributed by atoms with Gasteiger partial charge < -0.3 is 15.4 Å². The molecule has 1 aromatic carbocycles. The van der Waals surface area contributed by atoms with Crippen molar-refractivity contribution in [3.05, 3.63) is 29.8 Å². The van der Waals surface area contributed by atoms with Gasteiger partial charge in [0, 0.05) is 30.4 Å². The zero-order chi connectivity index (χ0) is 13.7. The highest BCUT2D eigenvalue weighted by atomic mass is 16.5. The lowest BCUT2D eigenvalue weighted by Crippen LogP contribution is -2.41. The summed E-state index contributed by atoms with van der Waals surface area (Å²) in [5, 5.41) is 6.29. The van der Waals surface area contributed by atoms with Crippen LogP contribution in [0.5, 0.6) is 0 Å². The molecule has 2 N–H and O–H groups in total. The molecule has 0 spiro atoms. The van der Waals surface area contributed by atoms with Crippen LogP contribution in [0.2, 0.25) is 0 Å². The number of hydrogen-bond donors (Lipinski definition) is 2. The molecule has 2 rings (SSSR count). The minimum absolute atomic E-state index is 0.00199. The number of rotatable bonds is 4. The maximum atomic E-state index is 12.1. The van der Waals surface area contributed by atoms with Crippen molar-refractivity contribution in [2.24, 2.45) is 0 Å². The van der Waals surface area contributed by atoms with Gasteiger partial charge in [-0.3, -0.25) is 4.79 Å². The molecule has 0 bridgehead atoms. The molecule has 1 saturated heterocycles. The summed E-state index contributed by atoms with van der Waals surface area (Å²) in [5.74, 6) is 0.00199. The maximum absolute atomic E-state index is 12.1. The van der Waals surface area contributed by atoms with Crippen LogP contribution in [0, 0.1) is 0 Å². The summed E-state index contributed by atoms with van der Waals surface area (Å²) in [4.78, 5) is 12.1. The lowest BCUT2D eigenvalue weighted by molar-refractivity contribution is 0.0136. The summed E-state index contributed by atoms with van der Waals surface area (Å²) in [6.07, 6.45) is 2.02. The monoisotopic (exact) mass is 262 g/mol. The third-order valence-electron chi connectivity index (χ3n) is 3.35. The molecule has 1 fully saturated rings. The van der Waals surface area contributed by atoms with E-state index in [4.69, 9.17) is 4.74 Å². The van der Waals surface area contributed by atoms with Crippen molar-refractivity contribution in [1.29, 1.82) is 0 Å². The number of benzene rings is 1. The van der Waals surface area contributed by atoms with Crippen LogP contribution < -0.4 is 10.6 Å². The first-order valence-electron chi connectivity index (χ1n) is 6.95. The number of nitrogens with one attached hydrogen (secondary N) is 2. The Morgan fingerprint density at radius 1 is 1.37 bits per heavy atom. The second kappa shape index (κ2) is 6.57. The molecule has 0 saturated carbocycles. The standard InChI is InChI=1S/C15H22N2O2/c1-3-16-13-6-4-12(5-7-13)15(18)17-14-8-9-19-11(2)10-14/h4-7,11,14,16H,3,8-10H2,1-2H3,(H,17,18). The Morgan fingerprint density at radius 2 is 2.11 bits per heavy atom. The van der Waals surface area contributed by atoms with E-state index >= 15 is 0 Å². The van der Waals surface area contributed by atoms with Crippen LogP contribution in [0.3, 0.4) is 0 Å². The summed E-state index contributed by atoms with van der Waals surface area (Å²) in [6.45, 7) is 5.70. The van der Waals surface area contributed by atoms with Crippen molar-refractivity contribution < 1.29 is 9.53 Å². The minimum atomic E-state index is 0.00199. The van der Waals surface area contributed by atoms with Gasteiger partial charge in [-0.1, -0.05) is 0 Å². The largest absolute Gasteiger partial charge is 0.385 e. The first-order valence-corrected chi connectivity index (χ1v) is 6.95. The van der Waals surface area contributed by atoms with E-state index in [0.717, 1.165) is 31.7 Å². The van der Waals surface area contributed by atoms with Crippen LogP contribution in [-0.4, -0.2) is 31.2 Å². The quantitative estimate of drug-likeness (QED) is 0.876. The Kier molecular flexibility index (Phi) is 4.80. The molecule has 19 heavy (non-hydrogen) atoms. The number of amides is 1. The molecular formula is C15H22N2O2. The fraction of sp³-hybridized carbons (Fsp3) is 0.533. The van der Waals surface area contributed by atoms with Gasteiger partial charge in [0.15, 0.2) is 0 Å². The maximum Gasteiger partial charge on any atom is 0.251 e. The van der Waals surface area contributed by atoms with E-state index in [1.807, 2.05) is 38.1 Å². The molecule has 0 radical (unpaired) electrons. The van der Waals surface area contributed by atoms with Crippen LogP contribution in [0.4, 0.5) is 5.69 Å². The molecule has 104 valence electrons. The Morgan fingerprint density at radius 3 is 2.74 bits per heavy atom. The van der Waals surface area contributed by atoms with E-state index in [1.54, 1.807) is 0 Å². The van der Waals surface area contributed by atoms with Gasteiger partial charge in [-0.05, 0) is 51.0 Å². The predicted octanol–water partition coefficient (Wildman–Crippen LogP) is 2.42. The van der Waals surface area contributed by atoms with E-state index in [2.05, 4.69) is 10.6 Å². The van der Waals surface area contributed by atoms with E-state index < -0.39 is 0 Å². The van der Waals surface area contributed by atoms with Gasteiger partial charge in [-0.15, -0.1) is 0 Å². The van der Waals surface area contributed by atoms with Crippen LogP contribution in [0.15, 0.2) is 24.3 Å². The van der Waals surface area contributed by atoms with E-state index in [0.29, 0.717) is 5.56 Å². The molecule has 0 aliphatic carbocycles. The van der Waals surface area contributed by atoms with Crippen molar-refractivity contribution in [1.82, 2.24) is 5.32 Å². The first kappa shape index (κ1) is 13.9. The van der Waals surface area contributed by atoms with Crippen molar-refractivity contribution in [2.75, 3.05) is 18.5 Å². The average molecular weight is 262 g/mol. The van der Waals surface area contributed by atoms with Gasteiger partial charge in [0.2, 0.25) is 0 Å². The van der Waals surface area contributed by atoms with Crippen molar-refractivity contribution in [3.8, 4) is 0 Å². The Labute approximate surface area is 114 Å². The number of ether oxygens (including phenoxy) is 1. The number of carbonyl (C=O) groups excluding carboxylic acids is 1. The van der Waals surface area contributed by atoms with Crippen LogP contribution in [-0.2, 0) is 4.74 Å². The average Bonchev–Trinajstić information content (AvgIpc) is 2.40. The number of carbonyl (C=O) groups is 1. The first-order chi connectivity index (χ1) is 9.19. The molecule has 1 heterocycles. The third-order valence-corrected chi connectivity index (χ3v) is 3.35. The molecule has 2 unspecified atom stereocenters. The summed E-state index contributed by atoms with van der Waals surface area (Å²) >= 11 is 0. The number of hydrogen-bond acceptors (Lipinski definition) is 3. The Bertz CT molecular complexity index is 417. The SMILES string of the molecule is CCNc1ccc(C(=O)NC2CCOC(C)C2)cc1. The Hall–Kier alpha value is -1.55. The Balaban J connectivity index is 1.91. The van der Waals surface area contributed by atoms with Gasteiger partial charge in [0.05, 0.1) is 6.10 Å². The van der Waals surface area contributed by atoms with E-state index in [1.165, 1.54) is 0 Å². The second-order valence-corrected chi connectivity index (χ2v) is 4.98. The molecule has 4 nitrogen and oxygen atoms in total. The molecular weight excluding hydrogens is 240 g/mol. The molecule has 2 atom stereocenters. The predicted molar refractivity (Wildman–Crippen MR) is 76.5 cm³/mol. The molecule has 1 aliphatic heterocycles. The van der Waals surface area contributed by atoms with Crippen molar-refractivity contribution in [2.45, 2.75) is 38.8 Å². The molecule has 1 amide bonds. The van der Waals surface area contributed by atoms with Gasteiger partial charge in [0.25, 0.3) is 5.91 Å². The normalized spacial score (nSPS) is 22.8. The van der Waals surface area contributed by atoms with Gasteiger partial charge in [-0.2, -0.15) is 0 Å². The minimum Gasteiger partial charge on any atom is -0.385 e. The fourth-order valence-corrected chi connectivity index (χ4v) is 2.34. The second-order valence-electron chi connectivity index (χ2n) is 4.98. The molecule has 0 aromatic heterocycles. The van der Waals surface area contributed by atoms with Crippen molar-refractivity contribution in [3.63, 3.8) is 0 Å². The highest BCUT2D eigenvalue weighted by Gasteiger charge is 2.21. The van der Waals surface area contributed by atoms with E-state index in [9.17, 15) is 4.79 Å². The summed E-state index contributed by atoms with van der Waals surface area (Å²) in [7, 11) is 0. The lowest BCUT2D eigenvalue weighted by atomic mass is 10.0. The summed E-state index contributed by atoms with van der Waals surface area (Å²) in [6, 6.07) is 7.81. The van der Waals surface area contributed by atoms with Crippen LogP contribution in [0.1, 0.15) is 37.0 Å². The highest BCUT2D eigenvalue weighted by molar-refractivity contribution is 5.94. The van der Waals surface area contributed by atoms with E-state index in [-0.39, 0.29) is 18.1 Å². The lowest BCUT2D eigenvalue weighted by Gasteiger charge is -2.27. The zero-order valence-corrected chi connectivity index (χ0v) is 11.6. The van der Waals surface area contributed by atoms with Crippen molar-refractivity contribution >= 4 is 11.6 Å². The smallest absolute Gasteiger partial charge is 0.251 e. The fourth-order valence-electron chi connectivity index (χ4n) is 2.34. The topological polar surface area (TPSA) is 50.4 Å². The molecule has 1 aliphatic rings. The molecule has 4 heteroatoms. The molecule has 1 aromatic rings. The number of anilines is 1. The van der Waals surface area contributed by atoms with Gasteiger partial charge in [-0.25, -0.2) is 0 Å². The summed E-state index contributed by atoms with van der Waals surface area (Å²) < 4.78 is 5.48. The third kappa shape index (κ3) is 3.96. The van der Waals surface area contributed by atoms with Crippen LogP contribution in [0.25, 0.3) is 0 Å². The zero-order valence-electron chi connectivity index (χ0n) is 11.6. The van der Waals surface area contributed by atoms with Crippen LogP contribution >= 0.6 is 0 Å². The highest BCUT2D eigenvalue weighted by Crippen LogP contribution is 2.14. The van der Waals surface area contributed by atoms with Gasteiger partial charge >= 0.3 is 0 Å². The summed E-state index contributed by atoms with van der Waals surface area (Å²) in [5.41, 5.74) is 1.75.